The van der Waals surface area contributed by atoms with E-state index in [-0.39, 0.29) is 18.0 Å². The molecule has 1 aromatic carbocycles. The molecule has 1 aromatic rings. The summed E-state index contributed by atoms with van der Waals surface area (Å²) >= 11 is 0. The van der Waals surface area contributed by atoms with Gasteiger partial charge in [-0.15, -0.1) is 0 Å². The lowest BCUT2D eigenvalue weighted by Crippen LogP contribution is -2.42. The summed E-state index contributed by atoms with van der Waals surface area (Å²) in [5, 5.41) is 0. The number of hydrogen-bond acceptors (Lipinski definition) is 3. The van der Waals surface area contributed by atoms with Gasteiger partial charge in [0.25, 0.3) is 0 Å². The minimum absolute atomic E-state index is 0.00110. The minimum Gasteiger partial charge on any atom is -0.494 e. The summed E-state index contributed by atoms with van der Waals surface area (Å²) in [7, 11) is 0. The topological polar surface area (TPSA) is 55.6 Å². The number of benzene rings is 1. The lowest BCUT2D eigenvalue weighted by atomic mass is 9.96. The lowest BCUT2D eigenvalue weighted by Gasteiger charge is -2.33. The molecule has 2 atom stereocenters. The predicted molar refractivity (Wildman–Crippen MR) is 84.2 cm³/mol. The number of rotatable bonds is 5. The van der Waals surface area contributed by atoms with E-state index >= 15 is 0 Å². The van der Waals surface area contributed by atoms with Crippen molar-refractivity contribution in [3.05, 3.63) is 29.8 Å². The maximum absolute atomic E-state index is 12.2. The largest absolute Gasteiger partial charge is 0.494 e. The second kappa shape index (κ2) is 7.46. The van der Waals surface area contributed by atoms with Crippen molar-refractivity contribution in [1.29, 1.82) is 0 Å². The van der Waals surface area contributed by atoms with E-state index in [0.717, 1.165) is 37.2 Å². The molecule has 4 nitrogen and oxygen atoms in total. The standard InChI is InChI=1S/C17H26N2O2/c1-3-12-21-14-10-8-13(9-11-14)17-15(18)6-5-7-16(20)19(17)4-2/h8-11,15,17H,3-7,12,18H2,1-2H3. The van der Waals surface area contributed by atoms with Gasteiger partial charge in [0.2, 0.25) is 5.91 Å². The lowest BCUT2D eigenvalue weighted by molar-refractivity contribution is -0.133. The first kappa shape index (κ1) is 15.8. The van der Waals surface area contributed by atoms with Gasteiger partial charge in [-0.25, -0.2) is 0 Å². The highest BCUT2D eigenvalue weighted by Gasteiger charge is 2.31. The van der Waals surface area contributed by atoms with Crippen molar-refractivity contribution < 1.29 is 9.53 Å². The maximum atomic E-state index is 12.2. The van der Waals surface area contributed by atoms with Crippen LogP contribution in [0.4, 0.5) is 0 Å². The van der Waals surface area contributed by atoms with E-state index in [2.05, 4.69) is 6.92 Å². The van der Waals surface area contributed by atoms with Crippen molar-refractivity contribution in [1.82, 2.24) is 4.90 Å². The van der Waals surface area contributed by atoms with Crippen LogP contribution in [-0.2, 0) is 4.79 Å². The third-order valence-electron chi connectivity index (χ3n) is 4.02. The molecule has 116 valence electrons. The van der Waals surface area contributed by atoms with Crippen LogP contribution in [0.2, 0.25) is 0 Å². The molecule has 1 aliphatic rings. The Morgan fingerprint density at radius 2 is 2.00 bits per heavy atom. The SMILES string of the molecule is CCCOc1ccc(C2C(N)CCCC(=O)N2CC)cc1. The molecule has 0 aromatic heterocycles. The molecule has 2 N–H and O–H groups in total. The summed E-state index contributed by atoms with van der Waals surface area (Å²) in [4.78, 5) is 14.1. The number of nitrogens with zero attached hydrogens (tertiary/aromatic N) is 1. The fourth-order valence-electron chi connectivity index (χ4n) is 2.96. The molecule has 0 radical (unpaired) electrons. The van der Waals surface area contributed by atoms with Crippen molar-refractivity contribution in [2.45, 2.75) is 51.6 Å². The van der Waals surface area contributed by atoms with Crippen LogP contribution >= 0.6 is 0 Å². The van der Waals surface area contributed by atoms with Crippen molar-refractivity contribution >= 4 is 5.91 Å². The Labute approximate surface area is 127 Å². The van der Waals surface area contributed by atoms with E-state index in [0.29, 0.717) is 13.0 Å². The zero-order valence-electron chi connectivity index (χ0n) is 13.0. The van der Waals surface area contributed by atoms with Gasteiger partial charge in [-0.2, -0.15) is 0 Å². The molecule has 1 aliphatic heterocycles. The molecule has 0 bridgehead atoms. The van der Waals surface area contributed by atoms with Crippen molar-refractivity contribution in [2.75, 3.05) is 13.2 Å². The first-order valence-electron chi connectivity index (χ1n) is 7.95. The van der Waals surface area contributed by atoms with Gasteiger partial charge in [-0.05, 0) is 43.9 Å². The molecular weight excluding hydrogens is 264 g/mol. The summed E-state index contributed by atoms with van der Waals surface area (Å²) < 4.78 is 5.61. The molecule has 1 amide bonds. The zero-order chi connectivity index (χ0) is 15.2. The minimum atomic E-state index is -0.0229. The van der Waals surface area contributed by atoms with Crippen molar-refractivity contribution in [3.8, 4) is 5.75 Å². The Kier molecular flexibility index (Phi) is 5.62. The third kappa shape index (κ3) is 3.76. The normalized spacial score (nSPS) is 23.0. The average molecular weight is 290 g/mol. The van der Waals surface area contributed by atoms with Crippen LogP contribution in [0, 0.1) is 0 Å². The molecular formula is C17H26N2O2. The number of likely N-dealkylation sites (N-methyl/N-ethyl adjacent to an activating group) is 1. The summed E-state index contributed by atoms with van der Waals surface area (Å²) in [6.07, 6.45) is 3.37. The van der Waals surface area contributed by atoms with E-state index in [9.17, 15) is 4.79 Å². The van der Waals surface area contributed by atoms with Crippen molar-refractivity contribution in [2.24, 2.45) is 5.73 Å². The maximum Gasteiger partial charge on any atom is 0.223 e. The van der Waals surface area contributed by atoms with Crippen LogP contribution in [0.3, 0.4) is 0 Å². The first-order valence-corrected chi connectivity index (χ1v) is 7.95. The van der Waals surface area contributed by atoms with E-state index in [1.54, 1.807) is 0 Å². The molecule has 0 aliphatic carbocycles. The second-order valence-electron chi connectivity index (χ2n) is 5.60. The van der Waals surface area contributed by atoms with Gasteiger partial charge in [-0.3, -0.25) is 4.79 Å². The molecule has 1 heterocycles. The highest BCUT2D eigenvalue weighted by atomic mass is 16.5. The number of amides is 1. The molecule has 2 rings (SSSR count). The Bertz CT molecular complexity index is 458. The monoisotopic (exact) mass is 290 g/mol. The molecule has 1 fully saturated rings. The first-order chi connectivity index (χ1) is 10.2. The third-order valence-corrected chi connectivity index (χ3v) is 4.02. The van der Waals surface area contributed by atoms with Crippen LogP contribution in [0.15, 0.2) is 24.3 Å². The van der Waals surface area contributed by atoms with Gasteiger partial charge in [0, 0.05) is 19.0 Å². The van der Waals surface area contributed by atoms with Crippen LogP contribution in [0.1, 0.15) is 51.1 Å². The highest BCUT2D eigenvalue weighted by Crippen LogP contribution is 2.30. The van der Waals surface area contributed by atoms with E-state index < -0.39 is 0 Å². The second-order valence-corrected chi connectivity index (χ2v) is 5.60. The molecule has 1 saturated heterocycles. The van der Waals surface area contributed by atoms with E-state index in [1.165, 1.54) is 0 Å². The number of carbonyl (C=O) groups excluding carboxylic acids is 1. The molecule has 4 heteroatoms. The van der Waals surface area contributed by atoms with Crippen LogP contribution < -0.4 is 10.5 Å². The Morgan fingerprint density at radius 3 is 2.62 bits per heavy atom. The Morgan fingerprint density at radius 1 is 1.29 bits per heavy atom. The van der Waals surface area contributed by atoms with Gasteiger partial charge < -0.3 is 15.4 Å². The fraction of sp³-hybridized carbons (Fsp3) is 0.588. The molecule has 0 spiro atoms. The number of carbonyl (C=O) groups is 1. The number of hydrogen-bond donors (Lipinski definition) is 1. The van der Waals surface area contributed by atoms with Crippen LogP contribution in [0.25, 0.3) is 0 Å². The molecule has 2 unspecified atom stereocenters. The average Bonchev–Trinajstić information content (AvgIpc) is 2.64. The van der Waals surface area contributed by atoms with Gasteiger partial charge in [0.15, 0.2) is 0 Å². The summed E-state index contributed by atoms with van der Waals surface area (Å²) in [6, 6.07) is 8.00. The van der Waals surface area contributed by atoms with Crippen molar-refractivity contribution in [3.63, 3.8) is 0 Å². The number of ether oxygens (including phenoxy) is 1. The summed E-state index contributed by atoms with van der Waals surface area (Å²) in [6.45, 7) is 5.53. The summed E-state index contributed by atoms with van der Waals surface area (Å²) in [5.41, 5.74) is 7.43. The van der Waals surface area contributed by atoms with Crippen LogP contribution in [0.5, 0.6) is 5.75 Å². The van der Waals surface area contributed by atoms with Gasteiger partial charge in [0.05, 0.1) is 12.6 Å². The molecule has 0 saturated carbocycles. The number of likely N-dealkylation sites (tertiary alicyclic amines) is 1. The quantitative estimate of drug-likeness (QED) is 0.907. The summed E-state index contributed by atoms with van der Waals surface area (Å²) in [5.74, 6) is 1.08. The highest BCUT2D eigenvalue weighted by molar-refractivity contribution is 5.77. The fourth-order valence-corrected chi connectivity index (χ4v) is 2.96. The predicted octanol–water partition coefficient (Wildman–Crippen LogP) is 2.88. The van der Waals surface area contributed by atoms with Gasteiger partial charge in [-0.1, -0.05) is 19.1 Å². The zero-order valence-corrected chi connectivity index (χ0v) is 13.0. The molecule has 21 heavy (non-hydrogen) atoms. The van der Waals surface area contributed by atoms with E-state index in [4.69, 9.17) is 10.5 Å². The Hall–Kier alpha value is -1.55. The van der Waals surface area contributed by atoms with E-state index in [1.807, 2.05) is 36.1 Å². The van der Waals surface area contributed by atoms with Gasteiger partial charge >= 0.3 is 0 Å². The number of nitrogens with two attached hydrogens (primary N) is 1. The smallest absolute Gasteiger partial charge is 0.223 e. The van der Waals surface area contributed by atoms with Crippen LogP contribution in [-0.4, -0.2) is 30.0 Å². The Balaban J connectivity index is 2.21. The van der Waals surface area contributed by atoms with Gasteiger partial charge in [0.1, 0.15) is 5.75 Å².